The van der Waals surface area contributed by atoms with Gasteiger partial charge in [0.2, 0.25) is 0 Å². The van der Waals surface area contributed by atoms with Crippen molar-refractivity contribution < 1.29 is 9.18 Å². The molecule has 0 atom stereocenters. The molecule has 2 heterocycles. The highest BCUT2D eigenvalue weighted by Gasteiger charge is 2.18. The van der Waals surface area contributed by atoms with Crippen molar-refractivity contribution in [2.24, 2.45) is 7.05 Å². The summed E-state index contributed by atoms with van der Waals surface area (Å²) >= 11 is 1.96. The molecule has 1 saturated heterocycles. The normalized spacial score (nSPS) is 13.6. The maximum Gasteiger partial charge on any atom is 0.293 e. The first kappa shape index (κ1) is 28.4. The van der Waals surface area contributed by atoms with E-state index in [9.17, 15) is 9.59 Å². The Kier molecular flexibility index (Phi) is 8.17. The minimum Gasteiger partial charge on any atom is -0.370 e. The van der Waals surface area contributed by atoms with Gasteiger partial charge in [-0.15, -0.1) is 0 Å². The second kappa shape index (κ2) is 11.8. The van der Waals surface area contributed by atoms with Crippen molar-refractivity contribution in [3.05, 3.63) is 100 Å². The van der Waals surface area contributed by atoms with Crippen molar-refractivity contribution in [1.82, 2.24) is 9.55 Å². The van der Waals surface area contributed by atoms with Gasteiger partial charge in [0.25, 0.3) is 11.5 Å². The number of hydrogen-bond acceptors (Lipinski definition) is 6. The Balaban J connectivity index is 1.37. The molecule has 4 aromatic rings. The summed E-state index contributed by atoms with van der Waals surface area (Å²) in [4.78, 5) is 32.6. The summed E-state index contributed by atoms with van der Waals surface area (Å²) in [5.74, 6) is 1.26. The quantitative estimate of drug-likeness (QED) is 0.278. The Morgan fingerprint density at radius 2 is 1.66 bits per heavy atom. The van der Waals surface area contributed by atoms with Gasteiger partial charge in [0.15, 0.2) is 11.6 Å². The van der Waals surface area contributed by atoms with Gasteiger partial charge >= 0.3 is 0 Å². The predicted molar refractivity (Wildman–Crippen MR) is 167 cm³/mol. The number of carbonyl (C=O) groups is 1. The van der Waals surface area contributed by atoms with Gasteiger partial charge in [-0.25, -0.2) is 9.37 Å². The molecular weight excluding hydrogens is 537 g/mol. The minimum absolute atomic E-state index is 0.0317. The Hall–Kier alpha value is -4.11. The third kappa shape index (κ3) is 6.46. The number of aryl methyl sites for hydroxylation is 1. The van der Waals surface area contributed by atoms with Gasteiger partial charge in [-0.05, 0) is 59.5 Å². The maximum atomic E-state index is 15.7. The molecule has 1 fully saturated rings. The topological polar surface area (TPSA) is 79.3 Å². The lowest BCUT2D eigenvalue weighted by Gasteiger charge is -2.28. The molecule has 5 rings (SSSR count). The number of amides is 1. The molecule has 41 heavy (non-hydrogen) atoms. The van der Waals surface area contributed by atoms with Crippen molar-refractivity contribution >= 4 is 40.5 Å². The summed E-state index contributed by atoms with van der Waals surface area (Å²) in [6.45, 7) is 8.32. The molecule has 0 radical (unpaired) electrons. The highest BCUT2D eigenvalue weighted by atomic mass is 32.2. The lowest BCUT2D eigenvalue weighted by atomic mass is 9.87. The Bertz CT molecular complexity index is 1610. The molecule has 7 nitrogen and oxygen atoms in total. The van der Waals surface area contributed by atoms with Crippen LogP contribution in [0.1, 0.15) is 36.7 Å². The van der Waals surface area contributed by atoms with Crippen LogP contribution in [0.2, 0.25) is 0 Å². The van der Waals surface area contributed by atoms with Gasteiger partial charge in [0.1, 0.15) is 0 Å². The molecule has 9 heteroatoms. The van der Waals surface area contributed by atoms with Crippen molar-refractivity contribution in [1.29, 1.82) is 0 Å². The molecule has 1 aromatic heterocycles. The monoisotopic (exact) mass is 571 g/mol. The zero-order valence-corrected chi connectivity index (χ0v) is 24.5. The highest BCUT2D eigenvalue weighted by Crippen LogP contribution is 2.28. The van der Waals surface area contributed by atoms with Gasteiger partial charge in [-0.1, -0.05) is 39.0 Å². The van der Waals surface area contributed by atoms with Crippen LogP contribution in [-0.4, -0.2) is 40.1 Å². The number of hydrogen-bond donors (Lipinski definition) is 2. The molecular formula is C32H34FN5O2S. The molecule has 1 amide bonds. The molecule has 0 unspecified atom stereocenters. The molecule has 1 aliphatic rings. The minimum atomic E-state index is -0.631. The first-order valence-electron chi connectivity index (χ1n) is 13.6. The van der Waals surface area contributed by atoms with E-state index in [0.717, 1.165) is 35.8 Å². The number of anilines is 4. The number of carbonyl (C=O) groups excluding carboxylic acids is 1. The lowest BCUT2D eigenvalue weighted by molar-refractivity contribution is 0.102. The van der Waals surface area contributed by atoms with E-state index >= 15 is 4.39 Å². The standard InChI is InChI=1S/C32H34FN5O2S/c1-32(2,3)22-10-8-21(9-11-22)30(39)36-26-7-5-6-25(28(26)33)27-20-37(4)31(40)29(35-27)34-23-12-14-24(15-13-23)38-16-18-41-19-17-38/h5-15,20H,16-19H2,1-4H3,(H,34,35)(H,36,39). The number of nitrogens with zero attached hydrogens (tertiary/aromatic N) is 3. The van der Waals surface area contributed by atoms with Crippen LogP contribution in [0, 0.1) is 5.82 Å². The molecule has 0 aliphatic carbocycles. The van der Waals surface area contributed by atoms with E-state index < -0.39 is 11.7 Å². The van der Waals surface area contributed by atoms with E-state index in [0.29, 0.717) is 11.3 Å². The highest BCUT2D eigenvalue weighted by molar-refractivity contribution is 7.99. The molecule has 1 aliphatic heterocycles. The number of thioether (sulfide) groups is 1. The number of aromatic nitrogens is 2. The van der Waals surface area contributed by atoms with E-state index in [2.05, 4.69) is 41.3 Å². The van der Waals surface area contributed by atoms with Gasteiger partial charge in [0.05, 0.1) is 11.4 Å². The van der Waals surface area contributed by atoms with E-state index in [4.69, 9.17) is 0 Å². The van der Waals surface area contributed by atoms with Crippen LogP contribution >= 0.6 is 11.8 Å². The molecule has 3 aromatic carbocycles. The Morgan fingerprint density at radius 1 is 0.976 bits per heavy atom. The van der Waals surface area contributed by atoms with E-state index in [1.54, 1.807) is 31.3 Å². The molecule has 0 spiro atoms. The Morgan fingerprint density at radius 3 is 2.32 bits per heavy atom. The van der Waals surface area contributed by atoms with Crippen LogP contribution in [0.4, 0.5) is 27.3 Å². The third-order valence-corrected chi connectivity index (χ3v) is 8.06. The Labute approximate surface area is 243 Å². The average molecular weight is 572 g/mol. The van der Waals surface area contributed by atoms with Gasteiger partial charge in [-0.3, -0.25) is 9.59 Å². The number of nitrogens with one attached hydrogen (secondary N) is 2. The lowest BCUT2D eigenvalue weighted by Crippen LogP contribution is -2.32. The van der Waals surface area contributed by atoms with E-state index in [1.807, 2.05) is 48.2 Å². The second-order valence-corrected chi connectivity index (χ2v) is 12.3. The molecule has 2 N–H and O–H groups in total. The van der Waals surface area contributed by atoms with Crippen LogP contribution in [-0.2, 0) is 12.5 Å². The number of benzene rings is 3. The smallest absolute Gasteiger partial charge is 0.293 e. The fourth-order valence-corrected chi connectivity index (χ4v) is 5.58. The molecule has 212 valence electrons. The van der Waals surface area contributed by atoms with Gasteiger partial charge in [-0.2, -0.15) is 11.8 Å². The van der Waals surface area contributed by atoms with E-state index in [1.165, 1.54) is 16.8 Å². The van der Waals surface area contributed by atoms with Crippen LogP contribution < -0.4 is 21.1 Å². The number of halogens is 1. The summed E-state index contributed by atoms with van der Waals surface area (Å²) in [6, 6.07) is 19.9. The predicted octanol–water partition coefficient (Wildman–Crippen LogP) is 6.43. The van der Waals surface area contributed by atoms with Crippen molar-refractivity contribution in [3.8, 4) is 11.3 Å². The van der Waals surface area contributed by atoms with E-state index in [-0.39, 0.29) is 33.7 Å². The largest absolute Gasteiger partial charge is 0.370 e. The third-order valence-electron chi connectivity index (χ3n) is 7.11. The average Bonchev–Trinajstić information content (AvgIpc) is 2.97. The summed E-state index contributed by atoms with van der Waals surface area (Å²) < 4.78 is 17.1. The second-order valence-electron chi connectivity index (χ2n) is 11.1. The first-order chi connectivity index (χ1) is 19.6. The van der Waals surface area contributed by atoms with Crippen LogP contribution in [0.5, 0.6) is 0 Å². The molecule has 0 saturated carbocycles. The first-order valence-corrected chi connectivity index (χ1v) is 14.7. The summed E-state index contributed by atoms with van der Waals surface area (Å²) in [6.07, 6.45) is 1.49. The zero-order chi connectivity index (χ0) is 29.1. The van der Waals surface area contributed by atoms with Crippen LogP contribution in [0.15, 0.2) is 77.7 Å². The van der Waals surface area contributed by atoms with Gasteiger partial charge in [0, 0.05) is 60.3 Å². The summed E-state index contributed by atoms with van der Waals surface area (Å²) in [7, 11) is 1.60. The maximum absolute atomic E-state index is 15.7. The van der Waals surface area contributed by atoms with Gasteiger partial charge < -0.3 is 20.1 Å². The summed E-state index contributed by atoms with van der Waals surface area (Å²) in [5.41, 5.74) is 3.46. The molecule has 0 bridgehead atoms. The summed E-state index contributed by atoms with van der Waals surface area (Å²) in [5, 5.41) is 5.77. The van der Waals surface area contributed by atoms with Crippen LogP contribution in [0.3, 0.4) is 0 Å². The van der Waals surface area contributed by atoms with Crippen molar-refractivity contribution in [2.45, 2.75) is 26.2 Å². The van der Waals surface area contributed by atoms with Crippen molar-refractivity contribution in [2.75, 3.05) is 40.1 Å². The number of rotatable bonds is 6. The fourth-order valence-electron chi connectivity index (χ4n) is 4.67. The SMILES string of the molecule is Cn1cc(-c2cccc(NC(=O)c3ccc(C(C)(C)C)cc3)c2F)nc(Nc2ccc(N3CCSCC3)cc2)c1=O. The zero-order valence-electron chi connectivity index (χ0n) is 23.7. The fraction of sp³-hybridized carbons (Fsp3) is 0.281. The van der Waals surface area contributed by atoms with Crippen LogP contribution in [0.25, 0.3) is 11.3 Å². The van der Waals surface area contributed by atoms with Crippen molar-refractivity contribution in [3.63, 3.8) is 0 Å².